The quantitative estimate of drug-likeness (QED) is 0.695. The summed E-state index contributed by atoms with van der Waals surface area (Å²) in [5.74, 6) is -0.301. The molecule has 2 aliphatic rings. The van der Waals surface area contributed by atoms with Crippen molar-refractivity contribution in [3.63, 3.8) is 0 Å². The summed E-state index contributed by atoms with van der Waals surface area (Å²) in [6, 6.07) is 0. The number of nitrogens with zero attached hydrogens (tertiary/aromatic N) is 1. The lowest BCUT2D eigenvalue weighted by Crippen LogP contribution is -2.37. The predicted octanol–water partition coefficient (Wildman–Crippen LogP) is 0.456. The summed E-state index contributed by atoms with van der Waals surface area (Å²) in [6.07, 6.45) is 2.67. The molecule has 5 nitrogen and oxygen atoms in total. The summed E-state index contributed by atoms with van der Waals surface area (Å²) in [7, 11) is -4.61. The molecule has 2 heterocycles. The molecular weight excluding hydrogens is 249 g/mol. The van der Waals surface area contributed by atoms with Gasteiger partial charge in [-0.25, -0.2) is 0 Å². The molecule has 2 saturated heterocycles. The summed E-state index contributed by atoms with van der Waals surface area (Å²) in [6.45, 7) is 1.01. The molecular formula is C10H16FNO4S. The second kappa shape index (κ2) is 4.89. The Kier molecular flexibility index (Phi) is 3.67. The van der Waals surface area contributed by atoms with Crippen LogP contribution in [0.5, 0.6) is 0 Å². The van der Waals surface area contributed by atoms with Crippen molar-refractivity contribution in [1.82, 2.24) is 4.90 Å². The number of carbonyl (C=O) groups excluding carboxylic acids is 1. The number of amides is 1. The number of ether oxygens (including phenoxy) is 1. The Morgan fingerprint density at radius 3 is 2.71 bits per heavy atom. The maximum atomic E-state index is 12.8. The molecule has 0 N–H and O–H groups in total. The molecule has 98 valence electrons. The highest BCUT2D eigenvalue weighted by molar-refractivity contribution is 7.87. The lowest BCUT2D eigenvalue weighted by atomic mass is 10.1. The zero-order chi connectivity index (χ0) is 12.5. The minimum absolute atomic E-state index is 0.0336. The average Bonchev–Trinajstić information content (AvgIpc) is 2.62. The number of hydrogen-bond donors (Lipinski definition) is 0. The third-order valence-corrected chi connectivity index (χ3v) is 4.39. The van der Waals surface area contributed by atoms with Crippen LogP contribution in [-0.4, -0.2) is 50.3 Å². The van der Waals surface area contributed by atoms with Crippen molar-refractivity contribution >= 4 is 16.1 Å². The molecule has 2 rings (SSSR count). The van der Waals surface area contributed by atoms with Gasteiger partial charge in [0.05, 0.1) is 6.10 Å². The highest BCUT2D eigenvalue weighted by Gasteiger charge is 2.39. The van der Waals surface area contributed by atoms with Gasteiger partial charge in [0, 0.05) is 26.1 Å². The fourth-order valence-corrected chi connectivity index (χ4v) is 3.00. The Morgan fingerprint density at radius 1 is 1.41 bits per heavy atom. The van der Waals surface area contributed by atoms with Crippen molar-refractivity contribution in [3.8, 4) is 0 Å². The van der Waals surface area contributed by atoms with Crippen LogP contribution in [0.15, 0.2) is 0 Å². The Hall–Kier alpha value is -0.690. The summed E-state index contributed by atoms with van der Waals surface area (Å²) in [4.78, 5) is 12.9. The standard InChI is InChI=1S/C10H16FNO4S/c11-17(14,15)9-5-10(13)12(7-9)6-8-3-1-2-4-16-8/h8-9H,1-7H2. The van der Waals surface area contributed by atoms with E-state index in [4.69, 9.17) is 4.74 Å². The number of halogens is 1. The molecule has 0 spiro atoms. The van der Waals surface area contributed by atoms with Crippen molar-refractivity contribution in [2.75, 3.05) is 19.7 Å². The van der Waals surface area contributed by atoms with E-state index in [0.29, 0.717) is 13.2 Å². The summed E-state index contributed by atoms with van der Waals surface area (Å²) in [5.41, 5.74) is 0. The van der Waals surface area contributed by atoms with Crippen LogP contribution in [0, 0.1) is 0 Å². The third-order valence-electron chi connectivity index (χ3n) is 3.28. The van der Waals surface area contributed by atoms with Crippen LogP contribution in [0.1, 0.15) is 25.7 Å². The van der Waals surface area contributed by atoms with Gasteiger partial charge in [-0.2, -0.15) is 8.42 Å². The van der Waals surface area contributed by atoms with Crippen LogP contribution in [0.4, 0.5) is 3.89 Å². The van der Waals surface area contributed by atoms with Crippen molar-refractivity contribution < 1.29 is 21.8 Å². The molecule has 17 heavy (non-hydrogen) atoms. The molecule has 0 aromatic heterocycles. The number of likely N-dealkylation sites (tertiary alicyclic amines) is 1. The van der Waals surface area contributed by atoms with E-state index >= 15 is 0 Å². The van der Waals surface area contributed by atoms with Gasteiger partial charge in [0.2, 0.25) is 5.91 Å². The van der Waals surface area contributed by atoms with Gasteiger partial charge in [0.1, 0.15) is 5.25 Å². The molecule has 2 atom stereocenters. The first-order valence-electron chi connectivity index (χ1n) is 5.79. The molecule has 0 saturated carbocycles. The molecule has 7 heteroatoms. The summed E-state index contributed by atoms with van der Waals surface area (Å²) >= 11 is 0. The highest BCUT2D eigenvalue weighted by atomic mass is 32.3. The van der Waals surface area contributed by atoms with E-state index in [0.717, 1.165) is 19.3 Å². The fraction of sp³-hybridized carbons (Fsp3) is 0.900. The minimum Gasteiger partial charge on any atom is -0.376 e. The first kappa shape index (κ1) is 12.8. The molecule has 0 bridgehead atoms. The smallest absolute Gasteiger partial charge is 0.307 e. The van der Waals surface area contributed by atoms with Crippen LogP contribution in [0.2, 0.25) is 0 Å². The average molecular weight is 265 g/mol. The summed E-state index contributed by atoms with van der Waals surface area (Å²) in [5, 5.41) is -1.20. The van der Waals surface area contributed by atoms with Crippen molar-refractivity contribution in [1.29, 1.82) is 0 Å². The molecule has 2 aliphatic heterocycles. The van der Waals surface area contributed by atoms with E-state index in [1.807, 2.05) is 0 Å². The maximum Gasteiger partial charge on any atom is 0.307 e. The van der Waals surface area contributed by atoms with Crippen LogP contribution >= 0.6 is 0 Å². The first-order chi connectivity index (χ1) is 7.97. The van der Waals surface area contributed by atoms with E-state index in [-0.39, 0.29) is 25.0 Å². The van der Waals surface area contributed by atoms with Gasteiger partial charge in [-0.05, 0) is 19.3 Å². The Balaban J connectivity index is 1.92. The first-order valence-corrected chi connectivity index (χ1v) is 7.24. The third kappa shape index (κ3) is 3.16. The monoisotopic (exact) mass is 265 g/mol. The molecule has 0 aliphatic carbocycles. The fourth-order valence-electron chi connectivity index (χ4n) is 2.30. The number of carbonyl (C=O) groups is 1. The van der Waals surface area contributed by atoms with Gasteiger partial charge in [0.15, 0.2) is 0 Å². The zero-order valence-corrected chi connectivity index (χ0v) is 10.3. The second-order valence-corrected chi connectivity index (χ2v) is 6.21. The van der Waals surface area contributed by atoms with Gasteiger partial charge < -0.3 is 9.64 Å². The van der Waals surface area contributed by atoms with Crippen LogP contribution in [-0.2, 0) is 19.8 Å². The van der Waals surface area contributed by atoms with Gasteiger partial charge in [0.25, 0.3) is 0 Å². The van der Waals surface area contributed by atoms with Crippen LogP contribution in [0.25, 0.3) is 0 Å². The van der Waals surface area contributed by atoms with E-state index < -0.39 is 15.5 Å². The molecule has 0 aromatic carbocycles. The Morgan fingerprint density at radius 2 is 2.18 bits per heavy atom. The minimum atomic E-state index is -4.61. The lowest BCUT2D eigenvalue weighted by Gasteiger charge is -2.27. The van der Waals surface area contributed by atoms with Crippen LogP contribution < -0.4 is 0 Å². The van der Waals surface area contributed by atoms with Crippen LogP contribution in [0.3, 0.4) is 0 Å². The van der Waals surface area contributed by atoms with Gasteiger partial charge in [-0.1, -0.05) is 0 Å². The predicted molar refractivity (Wildman–Crippen MR) is 58.6 cm³/mol. The SMILES string of the molecule is O=C1CC(S(=O)(=O)F)CN1CC1CCCCO1. The van der Waals surface area contributed by atoms with E-state index in [1.54, 1.807) is 0 Å². The van der Waals surface area contributed by atoms with Crippen molar-refractivity contribution in [3.05, 3.63) is 0 Å². The Bertz CT molecular complexity index is 391. The normalized spacial score (nSPS) is 30.9. The van der Waals surface area contributed by atoms with Crippen molar-refractivity contribution in [2.24, 2.45) is 0 Å². The molecule has 2 fully saturated rings. The van der Waals surface area contributed by atoms with E-state index in [9.17, 15) is 17.1 Å². The zero-order valence-electron chi connectivity index (χ0n) is 9.47. The molecule has 2 unspecified atom stereocenters. The lowest BCUT2D eigenvalue weighted by molar-refractivity contribution is -0.130. The van der Waals surface area contributed by atoms with E-state index in [1.165, 1.54) is 4.90 Å². The molecule has 0 aromatic rings. The highest BCUT2D eigenvalue weighted by Crippen LogP contribution is 2.22. The molecule has 1 amide bonds. The second-order valence-electron chi connectivity index (χ2n) is 4.59. The van der Waals surface area contributed by atoms with Gasteiger partial charge in [-0.15, -0.1) is 3.89 Å². The Labute approximate surface area is 100 Å². The maximum absolute atomic E-state index is 12.8. The molecule has 0 radical (unpaired) electrons. The summed E-state index contributed by atoms with van der Waals surface area (Å²) < 4.78 is 39.7. The largest absolute Gasteiger partial charge is 0.376 e. The number of hydrogen-bond acceptors (Lipinski definition) is 4. The number of rotatable bonds is 3. The van der Waals surface area contributed by atoms with Gasteiger partial charge in [-0.3, -0.25) is 4.79 Å². The van der Waals surface area contributed by atoms with E-state index in [2.05, 4.69) is 0 Å². The van der Waals surface area contributed by atoms with Gasteiger partial charge >= 0.3 is 10.2 Å². The topological polar surface area (TPSA) is 63.7 Å². The van der Waals surface area contributed by atoms with Crippen molar-refractivity contribution in [2.45, 2.75) is 37.0 Å².